The molecule has 140 valence electrons. The minimum absolute atomic E-state index is 0.239. The molecule has 0 heterocycles. The number of hydrogen-bond acceptors (Lipinski definition) is 3. The van der Waals surface area contributed by atoms with Crippen LogP contribution >= 0.6 is 23.2 Å². The number of sulfonamides is 1. The number of halogens is 2. The quantitative estimate of drug-likeness (QED) is 0.781. The van der Waals surface area contributed by atoms with Gasteiger partial charge in [0.1, 0.15) is 6.04 Å². The van der Waals surface area contributed by atoms with Crippen molar-refractivity contribution in [3.63, 3.8) is 0 Å². The van der Waals surface area contributed by atoms with Gasteiger partial charge in [0, 0.05) is 16.6 Å². The van der Waals surface area contributed by atoms with Crippen molar-refractivity contribution < 1.29 is 13.2 Å². The predicted molar refractivity (Wildman–Crippen MR) is 106 cm³/mol. The van der Waals surface area contributed by atoms with Crippen LogP contribution in [0.15, 0.2) is 42.5 Å². The van der Waals surface area contributed by atoms with E-state index in [1.807, 2.05) is 31.2 Å². The molecular weight excluding hydrogens is 395 g/mol. The number of aryl methyl sites for hydroxylation is 1. The van der Waals surface area contributed by atoms with Gasteiger partial charge in [-0.3, -0.25) is 9.10 Å². The summed E-state index contributed by atoms with van der Waals surface area (Å²) in [5.41, 5.74) is 2.28. The van der Waals surface area contributed by atoms with Crippen molar-refractivity contribution in [1.82, 2.24) is 5.32 Å². The van der Waals surface area contributed by atoms with Crippen molar-refractivity contribution in [3.8, 4) is 0 Å². The molecule has 2 aromatic carbocycles. The smallest absolute Gasteiger partial charge is 0.243 e. The van der Waals surface area contributed by atoms with E-state index in [1.165, 1.54) is 25.1 Å². The number of carbonyl (C=O) groups is 1. The van der Waals surface area contributed by atoms with Crippen LogP contribution in [0, 0.1) is 6.92 Å². The molecule has 0 radical (unpaired) electrons. The number of amides is 1. The normalized spacial score (nSPS) is 12.5. The predicted octanol–water partition coefficient (Wildman–Crippen LogP) is 3.77. The molecule has 0 aliphatic carbocycles. The third-order valence-corrected chi connectivity index (χ3v) is 5.46. The first-order valence-corrected chi connectivity index (χ1v) is 10.5. The second kappa shape index (κ2) is 8.29. The molecule has 1 N–H and O–H groups in total. The summed E-state index contributed by atoms with van der Waals surface area (Å²) in [5, 5.41) is 3.33. The number of nitrogens with one attached hydrogen (secondary N) is 1. The molecule has 0 fully saturated rings. The number of rotatable bonds is 6. The van der Waals surface area contributed by atoms with Gasteiger partial charge in [0.2, 0.25) is 15.9 Å². The average Bonchev–Trinajstić information content (AvgIpc) is 2.51. The molecule has 0 spiro atoms. The van der Waals surface area contributed by atoms with Crippen LogP contribution < -0.4 is 9.62 Å². The van der Waals surface area contributed by atoms with Gasteiger partial charge in [0.05, 0.1) is 11.9 Å². The van der Waals surface area contributed by atoms with Crippen LogP contribution in [0.25, 0.3) is 0 Å². The first-order chi connectivity index (χ1) is 12.1. The van der Waals surface area contributed by atoms with Crippen molar-refractivity contribution in [3.05, 3.63) is 63.6 Å². The Morgan fingerprint density at radius 1 is 1.12 bits per heavy atom. The van der Waals surface area contributed by atoms with E-state index in [-0.39, 0.29) is 15.7 Å². The molecule has 0 bridgehead atoms. The van der Waals surface area contributed by atoms with Crippen molar-refractivity contribution in [1.29, 1.82) is 0 Å². The van der Waals surface area contributed by atoms with E-state index in [0.29, 0.717) is 6.54 Å². The SMILES string of the molecule is Cc1ccc(CNC(=O)C(C)N(c2cc(Cl)cc(Cl)c2)S(C)(=O)=O)cc1. The van der Waals surface area contributed by atoms with Crippen molar-refractivity contribution >= 4 is 44.8 Å². The van der Waals surface area contributed by atoms with Gasteiger partial charge in [-0.15, -0.1) is 0 Å². The zero-order valence-corrected chi connectivity index (χ0v) is 17.0. The lowest BCUT2D eigenvalue weighted by molar-refractivity contribution is -0.122. The van der Waals surface area contributed by atoms with Crippen LogP contribution in [0.1, 0.15) is 18.1 Å². The molecule has 8 heteroatoms. The van der Waals surface area contributed by atoms with Crippen LogP contribution in [0.3, 0.4) is 0 Å². The highest BCUT2D eigenvalue weighted by atomic mass is 35.5. The van der Waals surface area contributed by atoms with Gasteiger partial charge >= 0.3 is 0 Å². The Hall–Kier alpha value is -1.76. The summed E-state index contributed by atoms with van der Waals surface area (Å²) in [4.78, 5) is 12.5. The third-order valence-electron chi connectivity index (χ3n) is 3.78. The lowest BCUT2D eigenvalue weighted by Crippen LogP contribution is -2.47. The molecule has 0 aromatic heterocycles. The number of nitrogens with zero attached hydrogens (tertiary/aromatic N) is 1. The van der Waals surface area contributed by atoms with E-state index in [9.17, 15) is 13.2 Å². The van der Waals surface area contributed by atoms with Gasteiger partial charge in [-0.05, 0) is 37.6 Å². The largest absolute Gasteiger partial charge is 0.350 e. The van der Waals surface area contributed by atoms with E-state index in [1.54, 1.807) is 0 Å². The molecule has 2 rings (SSSR count). The monoisotopic (exact) mass is 414 g/mol. The van der Waals surface area contributed by atoms with Crippen LogP contribution in [-0.4, -0.2) is 26.6 Å². The topological polar surface area (TPSA) is 66.5 Å². The summed E-state index contributed by atoms with van der Waals surface area (Å²) >= 11 is 12.0. The van der Waals surface area contributed by atoms with E-state index in [2.05, 4.69) is 5.32 Å². The maximum absolute atomic E-state index is 12.5. The first-order valence-electron chi connectivity index (χ1n) is 7.86. The lowest BCUT2D eigenvalue weighted by atomic mass is 10.1. The molecular formula is C18H20Cl2N2O3S. The minimum atomic E-state index is -3.73. The van der Waals surface area contributed by atoms with Gasteiger partial charge in [0.15, 0.2) is 0 Å². The minimum Gasteiger partial charge on any atom is -0.350 e. The average molecular weight is 415 g/mol. The highest BCUT2D eigenvalue weighted by Crippen LogP contribution is 2.28. The van der Waals surface area contributed by atoms with Gasteiger partial charge in [0.25, 0.3) is 0 Å². The van der Waals surface area contributed by atoms with Gasteiger partial charge in [-0.25, -0.2) is 8.42 Å². The van der Waals surface area contributed by atoms with E-state index < -0.39 is 22.0 Å². The van der Waals surface area contributed by atoms with Gasteiger partial charge in [-0.2, -0.15) is 0 Å². The second-order valence-corrected chi connectivity index (χ2v) is 8.80. The lowest BCUT2D eigenvalue weighted by Gasteiger charge is -2.28. The van der Waals surface area contributed by atoms with Gasteiger partial charge in [-0.1, -0.05) is 53.0 Å². The maximum atomic E-state index is 12.5. The Bertz CT molecular complexity index is 879. The Balaban J connectivity index is 2.22. The molecule has 2 aromatic rings. The summed E-state index contributed by atoms with van der Waals surface area (Å²) < 4.78 is 25.6. The van der Waals surface area contributed by atoms with E-state index in [0.717, 1.165) is 21.7 Å². The molecule has 0 aliphatic heterocycles. The first kappa shape index (κ1) is 20.6. The molecule has 0 aliphatic rings. The molecule has 5 nitrogen and oxygen atoms in total. The summed E-state index contributed by atoms with van der Waals surface area (Å²) in [7, 11) is -3.73. The number of anilines is 1. The number of benzene rings is 2. The summed E-state index contributed by atoms with van der Waals surface area (Å²) in [6.07, 6.45) is 1.03. The Labute approximate surface area is 164 Å². The molecule has 1 atom stereocenters. The fourth-order valence-electron chi connectivity index (χ4n) is 2.52. The highest BCUT2D eigenvalue weighted by Gasteiger charge is 2.29. The Kier molecular flexibility index (Phi) is 6.55. The standard InChI is InChI=1S/C18H20Cl2N2O3S/c1-12-4-6-14(7-5-12)11-21-18(23)13(2)22(26(3,24)25)17-9-15(19)8-16(20)10-17/h4-10,13H,11H2,1-3H3,(H,21,23). The van der Waals surface area contributed by atoms with Crippen LogP contribution in [0.2, 0.25) is 10.0 Å². The third kappa shape index (κ3) is 5.37. The molecule has 1 amide bonds. The summed E-state index contributed by atoms with van der Waals surface area (Å²) in [6.45, 7) is 3.79. The maximum Gasteiger partial charge on any atom is 0.243 e. The van der Waals surface area contributed by atoms with Gasteiger partial charge < -0.3 is 5.32 Å². The number of hydrogen-bond donors (Lipinski definition) is 1. The molecule has 0 saturated carbocycles. The molecule has 26 heavy (non-hydrogen) atoms. The summed E-state index contributed by atoms with van der Waals surface area (Å²) in [5.74, 6) is -0.424. The van der Waals surface area contributed by atoms with Crippen molar-refractivity contribution in [2.75, 3.05) is 10.6 Å². The summed E-state index contributed by atoms with van der Waals surface area (Å²) in [6, 6.07) is 11.1. The Morgan fingerprint density at radius 2 is 1.65 bits per heavy atom. The molecule has 1 unspecified atom stereocenters. The highest BCUT2D eigenvalue weighted by molar-refractivity contribution is 7.92. The molecule has 0 saturated heterocycles. The van der Waals surface area contributed by atoms with Crippen LogP contribution in [0.5, 0.6) is 0 Å². The van der Waals surface area contributed by atoms with E-state index in [4.69, 9.17) is 23.2 Å². The zero-order valence-electron chi connectivity index (χ0n) is 14.7. The van der Waals surface area contributed by atoms with Crippen molar-refractivity contribution in [2.45, 2.75) is 26.4 Å². The number of carbonyl (C=O) groups excluding carboxylic acids is 1. The zero-order chi connectivity index (χ0) is 19.5. The van der Waals surface area contributed by atoms with Crippen molar-refractivity contribution in [2.24, 2.45) is 0 Å². The Morgan fingerprint density at radius 3 is 2.15 bits per heavy atom. The fraction of sp³-hybridized carbons (Fsp3) is 0.278. The fourth-order valence-corrected chi connectivity index (χ4v) is 4.19. The van der Waals surface area contributed by atoms with Crippen LogP contribution in [-0.2, 0) is 21.4 Å². The second-order valence-electron chi connectivity index (χ2n) is 6.07. The van der Waals surface area contributed by atoms with Crippen LogP contribution in [0.4, 0.5) is 5.69 Å². The van der Waals surface area contributed by atoms with E-state index >= 15 is 0 Å².